The first-order valence-corrected chi connectivity index (χ1v) is 6.08. The summed E-state index contributed by atoms with van der Waals surface area (Å²) < 4.78 is 0. The van der Waals surface area contributed by atoms with Crippen LogP contribution >= 0.6 is 0 Å². The molecule has 0 saturated carbocycles. The van der Waals surface area contributed by atoms with Crippen LogP contribution in [0.3, 0.4) is 0 Å². The van der Waals surface area contributed by atoms with Gasteiger partial charge in [-0.15, -0.1) is 0 Å². The number of carboxylic acids is 1. The van der Waals surface area contributed by atoms with Crippen molar-refractivity contribution >= 4 is 17.7 Å². The molecule has 0 saturated heterocycles. The summed E-state index contributed by atoms with van der Waals surface area (Å²) in [5.41, 5.74) is 1.02. The predicted molar refractivity (Wildman–Crippen MR) is 74.2 cm³/mol. The maximum atomic E-state index is 11.8. The van der Waals surface area contributed by atoms with Crippen LogP contribution in [0, 0.1) is 12.3 Å². The van der Waals surface area contributed by atoms with Gasteiger partial charge in [0.2, 0.25) is 0 Å². The molecule has 5 heteroatoms. The zero-order chi connectivity index (χ0) is 14.6. The Bertz CT molecular complexity index is 478. The van der Waals surface area contributed by atoms with Crippen molar-refractivity contribution in [2.45, 2.75) is 33.7 Å². The molecule has 0 heterocycles. The number of para-hydroxylation sites is 1. The second kappa shape index (κ2) is 5.73. The van der Waals surface area contributed by atoms with E-state index in [2.05, 4.69) is 10.6 Å². The van der Waals surface area contributed by atoms with Crippen LogP contribution in [-0.2, 0) is 4.79 Å². The van der Waals surface area contributed by atoms with Crippen LogP contribution in [0.4, 0.5) is 10.5 Å². The van der Waals surface area contributed by atoms with Crippen molar-refractivity contribution in [2.75, 3.05) is 5.32 Å². The minimum Gasteiger partial charge on any atom is -0.480 e. The number of aliphatic carboxylic acids is 1. The number of aryl methyl sites for hydroxylation is 1. The van der Waals surface area contributed by atoms with Gasteiger partial charge in [-0.05, 0) is 24.0 Å². The SMILES string of the molecule is Cc1ccccc1NC(=O)NC(C(=O)O)C(C)(C)C. The van der Waals surface area contributed by atoms with Gasteiger partial charge in [-0.25, -0.2) is 9.59 Å². The van der Waals surface area contributed by atoms with Crippen LogP contribution in [0.5, 0.6) is 0 Å². The summed E-state index contributed by atoms with van der Waals surface area (Å²) in [6, 6.07) is 5.85. The molecule has 0 aromatic heterocycles. The fourth-order valence-corrected chi connectivity index (χ4v) is 1.65. The predicted octanol–water partition coefficient (Wildman–Crippen LogP) is 2.62. The highest BCUT2D eigenvalue weighted by Gasteiger charge is 2.32. The second-order valence-electron chi connectivity index (χ2n) is 5.55. The third-order valence-electron chi connectivity index (χ3n) is 2.78. The van der Waals surface area contributed by atoms with E-state index in [4.69, 9.17) is 5.11 Å². The summed E-state index contributed by atoms with van der Waals surface area (Å²) in [5.74, 6) is -1.05. The normalized spacial score (nSPS) is 12.6. The van der Waals surface area contributed by atoms with Gasteiger partial charge >= 0.3 is 12.0 Å². The Morgan fingerprint density at radius 1 is 1.21 bits per heavy atom. The molecule has 3 N–H and O–H groups in total. The number of nitrogens with one attached hydrogen (secondary N) is 2. The summed E-state index contributed by atoms with van der Waals surface area (Å²) >= 11 is 0. The first-order valence-electron chi connectivity index (χ1n) is 6.08. The van der Waals surface area contributed by atoms with Crippen molar-refractivity contribution in [1.82, 2.24) is 5.32 Å². The molecule has 0 radical (unpaired) electrons. The van der Waals surface area contributed by atoms with Crippen LogP contribution in [0.1, 0.15) is 26.3 Å². The van der Waals surface area contributed by atoms with Gasteiger partial charge in [0, 0.05) is 5.69 Å². The quantitative estimate of drug-likeness (QED) is 0.785. The number of carbonyl (C=O) groups is 2. The lowest BCUT2D eigenvalue weighted by molar-refractivity contribution is -0.141. The van der Waals surface area contributed by atoms with Crippen molar-refractivity contribution in [1.29, 1.82) is 0 Å². The number of anilines is 1. The number of carbonyl (C=O) groups excluding carboxylic acids is 1. The van der Waals surface area contributed by atoms with E-state index < -0.39 is 23.5 Å². The highest BCUT2D eigenvalue weighted by atomic mass is 16.4. The van der Waals surface area contributed by atoms with E-state index in [1.54, 1.807) is 32.9 Å². The Labute approximate surface area is 113 Å². The van der Waals surface area contributed by atoms with Gasteiger partial charge in [-0.1, -0.05) is 39.0 Å². The molecule has 1 aromatic carbocycles. The van der Waals surface area contributed by atoms with Gasteiger partial charge in [0.15, 0.2) is 0 Å². The van der Waals surface area contributed by atoms with Crippen LogP contribution in [0.2, 0.25) is 0 Å². The molecule has 5 nitrogen and oxygen atoms in total. The highest BCUT2D eigenvalue weighted by Crippen LogP contribution is 2.20. The average Bonchev–Trinajstić information content (AvgIpc) is 2.27. The summed E-state index contributed by atoms with van der Waals surface area (Å²) in [4.78, 5) is 23.0. The highest BCUT2D eigenvalue weighted by molar-refractivity contribution is 5.93. The first-order chi connectivity index (χ1) is 8.71. The average molecular weight is 264 g/mol. The molecular weight excluding hydrogens is 244 g/mol. The minimum atomic E-state index is -1.05. The standard InChI is InChI=1S/C14H20N2O3/c1-9-7-5-6-8-10(9)15-13(19)16-11(12(17)18)14(2,3)4/h5-8,11H,1-4H3,(H,17,18)(H2,15,16,19). The number of hydrogen-bond donors (Lipinski definition) is 3. The van der Waals surface area contributed by atoms with E-state index >= 15 is 0 Å². The lowest BCUT2D eigenvalue weighted by Crippen LogP contribution is -2.50. The third-order valence-corrected chi connectivity index (χ3v) is 2.78. The number of rotatable bonds is 3. The first kappa shape index (κ1) is 15.0. The second-order valence-corrected chi connectivity index (χ2v) is 5.55. The maximum Gasteiger partial charge on any atom is 0.326 e. The van der Waals surface area contributed by atoms with Gasteiger partial charge in [0.25, 0.3) is 0 Å². The Morgan fingerprint density at radius 3 is 2.26 bits per heavy atom. The van der Waals surface area contributed by atoms with Crippen LogP contribution in [0.25, 0.3) is 0 Å². The monoisotopic (exact) mass is 264 g/mol. The number of amides is 2. The van der Waals surface area contributed by atoms with Crippen LogP contribution in [-0.4, -0.2) is 23.1 Å². The van der Waals surface area contributed by atoms with Gasteiger partial charge < -0.3 is 15.7 Å². The fraction of sp³-hybridized carbons (Fsp3) is 0.429. The van der Waals surface area contributed by atoms with Gasteiger partial charge in [0.05, 0.1) is 0 Å². The number of benzene rings is 1. The van der Waals surface area contributed by atoms with Crippen molar-refractivity contribution < 1.29 is 14.7 Å². The van der Waals surface area contributed by atoms with Gasteiger partial charge in [0.1, 0.15) is 6.04 Å². The lowest BCUT2D eigenvalue weighted by atomic mass is 9.87. The number of carboxylic acid groups (broad SMARTS) is 1. The Hall–Kier alpha value is -2.04. The molecule has 0 aliphatic carbocycles. The van der Waals surface area contributed by atoms with E-state index in [9.17, 15) is 9.59 Å². The summed E-state index contributed by atoms with van der Waals surface area (Å²) in [6.45, 7) is 7.16. The molecule has 0 fully saturated rings. The lowest BCUT2D eigenvalue weighted by Gasteiger charge is -2.27. The Kier molecular flexibility index (Phi) is 4.53. The van der Waals surface area contributed by atoms with Crippen molar-refractivity contribution in [3.05, 3.63) is 29.8 Å². The smallest absolute Gasteiger partial charge is 0.326 e. The Morgan fingerprint density at radius 2 is 1.79 bits per heavy atom. The van der Waals surface area contributed by atoms with E-state index in [0.717, 1.165) is 5.56 Å². The van der Waals surface area contributed by atoms with Crippen LogP contribution in [0.15, 0.2) is 24.3 Å². The third kappa shape index (κ3) is 4.28. The maximum absolute atomic E-state index is 11.8. The molecule has 0 aliphatic heterocycles. The molecule has 2 amide bonds. The number of urea groups is 1. The zero-order valence-electron chi connectivity index (χ0n) is 11.7. The van der Waals surface area contributed by atoms with E-state index in [1.807, 2.05) is 19.1 Å². The van der Waals surface area contributed by atoms with E-state index in [-0.39, 0.29) is 0 Å². The molecular formula is C14H20N2O3. The van der Waals surface area contributed by atoms with Crippen LogP contribution < -0.4 is 10.6 Å². The molecule has 19 heavy (non-hydrogen) atoms. The summed E-state index contributed by atoms with van der Waals surface area (Å²) in [5, 5.41) is 14.3. The summed E-state index contributed by atoms with van der Waals surface area (Å²) in [7, 11) is 0. The molecule has 1 rings (SSSR count). The topological polar surface area (TPSA) is 78.4 Å². The van der Waals surface area contributed by atoms with Gasteiger partial charge in [-0.2, -0.15) is 0 Å². The molecule has 1 atom stereocenters. The molecule has 1 unspecified atom stereocenters. The Balaban J connectivity index is 2.75. The van der Waals surface area contributed by atoms with Crippen molar-refractivity contribution in [3.8, 4) is 0 Å². The van der Waals surface area contributed by atoms with Crippen molar-refractivity contribution in [3.63, 3.8) is 0 Å². The summed E-state index contributed by atoms with van der Waals surface area (Å²) in [6.07, 6.45) is 0. The molecule has 104 valence electrons. The van der Waals surface area contributed by atoms with E-state index in [1.165, 1.54) is 0 Å². The van der Waals surface area contributed by atoms with Crippen molar-refractivity contribution in [2.24, 2.45) is 5.41 Å². The molecule has 0 spiro atoms. The number of hydrogen-bond acceptors (Lipinski definition) is 2. The zero-order valence-corrected chi connectivity index (χ0v) is 11.7. The molecule has 0 aliphatic rings. The minimum absolute atomic E-state index is 0.517. The largest absolute Gasteiger partial charge is 0.480 e. The van der Waals surface area contributed by atoms with E-state index in [0.29, 0.717) is 5.69 Å². The molecule has 1 aromatic rings. The fourth-order valence-electron chi connectivity index (χ4n) is 1.65. The van der Waals surface area contributed by atoms with Gasteiger partial charge in [-0.3, -0.25) is 0 Å². The molecule has 0 bridgehead atoms.